The molecule has 0 aromatic rings. The van der Waals surface area contributed by atoms with E-state index in [4.69, 9.17) is 14.2 Å². The van der Waals surface area contributed by atoms with Crippen LogP contribution in [-0.2, 0) is 33.4 Å². The maximum Gasteiger partial charge on any atom is 0.355 e. The number of carbonyl (C=O) groups is 4. The number of esters is 4. The Hall–Kier alpha value is -1.22. The van der Waals surface area contributed by atoms with E-state index in [0.717, 1.165) is 0 Å². The molecule has 0 spiro atoms. The Labute approximate surface area is 144 Å². The second-order valence-electron chi connectivity index (χ2n) is 4.50. The van der Waals surface area contributed by atoms with Gasteiger partial charge in [0.1, 0.15) is 0 Å². The van der Waals surface area contributed by atoms with Crippen LogP contribution in [0.25, 0.3) is 0 Å². The smallest absolute Gasteiger partial charge is 0.355 e. The van der Waals surface area contributed by atoms with Gasteiger partial charge in [0.15, 0.2) is 12.2 Å². The molecule has 0 radical (unpaired) electrons. The number of hydrogen-bond donors (Lipinski definition) is 0. The molecule has 0 heterocycles. The fraction of sp³-hybridized carbons (Fsp3) is 0.714. The summed E-state index contributed by atoms with van der Waals surface area (Å²) in [6.07, 6.45) is 1.83. The molecule has 0 aliphatic carbocycles. The van der Waals surface area contributed by atoms with E-state index in [2.05, 4.69) is 0 Å². The van der Waals surface area contributed by atoms with Gasteiger partial charge in [-0.05, 0) is 24.0 Å². The third kappa shape index (κ3) is 10.2. The highest BCUT2D eigenvalue weighted by atomic mass is 32.2. The predicted molar refractivity (Wildman–Crippen MR) is 88.2 cm³/mol. The lowest BCUT2D eigenvalue weighted by Crippen LogP contribution is -2.36. The number of carbonyl (C=O) groups excluding carboxylic acids is 4. The molecule has 0 saturated heterocycles. The van der Waals surface area contributed by atoms with Crippen LogP contribution in [0.15, 0.2) is 0 Å². The van der Waals surface area contributed by atoms with Crippen molar-refractivity contribution < 1.29 is 33.4 Å². The van der Waals surface area contributed by atoms with Crippen LogP contribution in [-0.4, -0.2) is 60.1 Å². The van der Waals surface area contributed by atoms with Crippen molar-refractivity contribution in [3.05, 3.63) is 0 Å². The normalized spacial score (nSPS) is 12.9. The Kier molecular flexibility index (Phi) is 11.6. The van der Waals surface area contributed by atoms with Crippen molar-refractivity contribution in [3.8, 4) is 0 Å². The maximum atomic E-state index is 12.0. The van der Waals surface area contributed by atoms with E-state index in [0.29, 0.717) is 11.5 Å². The van der Waals surface area contributed by atoms with Gasteiger partial charge < -0.3 is 14.2 Å². The van der Waals surface area contributed by atoms with Gasteiger partial charge in [-0.15, -0.1) is 0 Å². The molecule has 2 unspecified atom stereocenters. The van der Waals surface area contributed by atoms with E-state index in [1.165, 1.54) is 37.4 Å². The minimum Gasteiger partial charge on any atom is -0.450 e. The van der Waals surface area contributed by atoms with E-state index in [-0.39, 0.29) is 12.8 Å². The van der Waals surface area contributed by atoms with Crippen molar-refractivity contribution in [1.82, 2.24) is 0 Å². The van der Waals surface area contributed by atoms with Crippen LogP contribution >= 0.6 is 23.5 Å². The summed E-state index contributed by atoms with van der Waals surface area (Å²) in [5.74, 6) is -2.08. The summed E-state index contributed by atoms with van der Waals surface area (Å²) < 4.78 is 14.5. The van der Waals surface area contributed by atoms with Crippen molar-refractivity contribution in [2.75, 3.05) is 24.0 Å². The molecule has 0 rings (SSSR count). The maximum absolute atomic E-state index is 12.0. The molecule has 0 bridgehead atoms. The SMILES string of the molecule is CSCCC(OC(C)=O)C(=O)OC(=O)C(CCSC)OC(C)=O. The number of thioether (sulfide) groups is 2. The minimum absolute atomic E-state index is 0.232. The molecule has 23 heavy (non-hydrogen) atoms. The molecule has 2 atom stereocenters. The van der Waals surface area contributed by atoms with Gasteiger partial charge in [0.2, 0.25) is 0 Å². The first-order chi connectivity index (χ1) is 10.8. The molecule has 0 fully saturated rings. The average molecular weight is 366 g/mol. The highest BCUT2D eigenvalue weighted by molar-refractivity contribution is 7.98. The third-order valence-electron chi connectivity index (χ3n) is 2.51. The summed E-state index contributed by atoms with van der Waals surface area (Å²) in [5, 5.41) is 0. The van der Waals surface area contributed by atoms with Gasteiger partial charge in [-0.3, -0.25) is 9.59 Å². The summed E-state index contributed by atoms with van der Waals surface area (Å²) in [6.45, 7) is 2.34. The largest absolute Gasteiger partial charge is 0.450 e. The van der Waals surface area contributed by atoms with Crippen LogP contribution in [0.1, 0.15) is 26.7 Å². The number of hydrogen-bond acceptors (Lipinski definition) is 9. The van der Waals surface area contributed by atoms with E-state index in [9.17, 15) is 19.2 Å². The highest BCUT2D eigenvalue weighted by Crippen LogP contribution is 2.11. The Morgan fingerprint density at radius 3 is 1.39 bits per heavy atom. The first kappa shape index (κ1) is 21.8. The fourth-order valence-electron chi connectivity index (χ4n) is 1.53. The van der Waals surface area contributed by atoms with Gasteiger partial charge in [-0.25, -0.2) is 9.59 Å². The summed E-state index contributed by atoms with van der Waals surface area (Å²) in [5.41, 5.74) is 0. The van der Waals surface area contributed by atoms with Crippen molar-refractivity contribution >= 4 is 47.4 Å². The molecular weight excluding hydrogens is 344 g/mol. The van der Waals surface area contributed by atoms with Gasteiger partial charge in [0.25, 0.3) is 0 Å². The molecule has 0 aliphatic rings. The molecule has 0 saturated carbocycles. The molecule has 0 amide bonds. The zero-order valence-electron chi connectivity index (χ0n) is 13.7. The lowest BCUT2D eigenvalue weighted by molar-refractivity contribution is -0.181. The number of rotatable bonds is 10. The summed E-state index contributed by atoms with van der Waals surface area (Å²) in [6, 6.07) is 0. The summed E-state index contributed by atoms with van der Waals surface area (Å²) in [7, 11) is 0. The Balaban J connectivity index is 4.78. The van der Waals surface area contributed by atoms with Gasteiger partial charge in [0.05, 0.1) is 0 Å². The Bertz CT molecular complexity index is 387. The molecule has 0 N–H and O–H groups in total. The minimum atomic E-state index is -1.15. The summed E-state index contributed by atoms with van der Waals surface area (Å²) >= 11 is 2.93. The lowest BCUT2D eigenvalue weighted by Gasteiger charge is -2.18. The second-order valence-corrected chi connectivity index (χ2v) is 6.47. The molecule has 7 nitrogen and oxygen atoms in total. The Morgan fingerprint density at radius 1 is 0.783 bits per heavy atom. The highest BCUT2D eigenvalue weighted by Gasteiger charge is 2.30. The van der Waals surface area contributed by atoms with E-state index in [1.54, 1.807) is 0 Å². The lowest BCUT2D eigenvalue weighted by atomic mass is 10.2. The van der Waals surface area contributed by atoms with Crippen LogP contribution in [0, 0.1) is 0 Å². The molecule has 0 aromatic carbocycles. The predicted octanol–water partition coefficient (Wildman–Crippen LogP) is 1.43. The third-order valence-corrected chi connectivity index (χ3v) is 3.80. The van der Waals surface area contributed by atoms with Gasteiger partial charge in [-0.2, -0.15) is 23.5 Å². The first-order valence-corrected chi connectivity index (χ1v) is 9.68. The monoisotopic (exact) mass is 366 g/mol. The van der Waals surface area contributed by atoms with Gasteiger partial charge in [0, 0.05) is 26.7 Å². The second kappa shape index (κ2) is 12.2. The standard InChI is InChI=1S/C14H22O7S2/c1-9(15)19-11(5-7-22-3)13(17)21-14(18)12(6-8-23-4)20-10(2)16/h11-12H,5-8H2,1-4H3. The molecular formula is C14H22O7S2. The van der Waals surface area contributed by atoms with E-state index in [1.807, 2.05) is 12.5 Å². The average Bonchev–Trinajstić information content (AvgIpc) is 2.46. The zero-order valence-corrected chi connectivity index (χ0v) is 15.3. The van der Waals surface area contributed by atoms with Gasteiger partial charge in [-0.1, -0.05) is 0 Å². The Morgan fingerprint density at radius 2 is 1.13 bits per heavy atom. The topological polar surface area (TPSA) is 96.0 Å². The number of ether oxygens (including phenoxy) is 3. The fourth-order valence-corrected chi connectivity index (χ4v) is 2.43. The van der Waals surface area contributed by atoms with Gasteiger partial charge >= 0.3 is 23.9 Å². The molecule has 132 valence electrons. The summed E-state index contributed by atoms with van der Waals surface area (Å²) in [4.78, 5) is 46.0. The van der Waals surface area contributed by atoms with Crippen LogP contribution in [0.3, 0.4) is 0 Å². The van der Waals surface area contributed by atoms with Crippen molar-refractivity contribution in [2.45, 2.75) is 38.9 Å². The first-order valence-electron chi connectivity index (χ1n) is 6.89. The zero-order chi connectivity index (χ0) is 17.8. The van der Waals surface area contributed by atoms with Crippen molar-refractivity contribution in [1.29, 1.82) is 0 Å². The van der Waals surface area contributed by atoms with Crippen molar-refractivity contribution in [2.24, 2.45) is 0 Å². The quantitative estimate of drug-likeness (QED) is 0.323. The van der Waals surface area contributed by atoms with Crippen LogP contribution in [0.4, 0.5) is 0 Å². The molecule has 0 aliphatic heterocycles. The van der Waals surface area contributed by atoms with Crippen LogP contribution in [0.5, 0.6) is 0 Å². The van der Waals surface area contributed by atoms with Crippen LogP contribution < -0.4 is 0 Å². The van der Waals surface area contributed by atoms with Crippen LogP contribution in [0.2, 0.25) is 0 Å². The molecule has 0 aromatic heterocycles. The van der Waals surface area contributed by atoms with E-state index >= 15 is 0 Å². The van der Waals surface area contributed by atoms with E-state index < -0.39 is 36.1 Å². The van der Waals surface area contributed by atoms with Crippen molar-refractivity contribution in [3.63, 3.8) is 0 Å². The molecule has 9 heteroatoms.